The van der Waals surface area contributed by atoms with Crippen LogP contribution in [0.3, 0.4) is 0 Å². The van der Waals surface area contributed by atoms with Crippen LogP contribution in [0, 0.1) is 17.8 Å². The molecule has 0 aromatic heterocycles. The molecular weight excluding hydrogens is 417 g/mol. The summed E-state index contributed by atoms with van der Waals surface area (Å²) in [7, 11) is 1.68. The van der Waals surface area contributed by atoms with Crippen molar-refractivity contribution in [3.05, 3.63) is 57.6 Å². The van der Waals surface area contributed by atoms with Crippen molar-refractivity contribution in [1.82, 2.24) is 5.32 Å². The third-order valence-corrected chi connectivity index (χ3v) is 7.94. The van der Waals surface area contributed by atoms with Gasteiger partial charge in [0.05, 0.1) is 7.11 Å². The second-order valence-corrected chi connectivity index (χ2v) is 10.4. The predicted molar refractivity (Wildman–Crippen MR) is 122 cm³/mol. The van der Waals surface area contributed by atoms with Crippen LogP contribution in [0.1, 0.15) is 49.7 Å². The highest BCUT2D eigenvalue weighted by Gasteiger charge is 2.50. The lowest BCUT2D eigenvalue weighted by Crippen LogP contribution is -2.58. The Balaban J connectivity index is 1.27. The van der Waals surface area contributed by atoms with Crippen molar-refractivity contribution in [3.63, 3.8) is 0 Å². The fourth-order valence-corrected chi connectivity index (χ4v) is 6.68. The van der Waals surface area contributed by atoms with Crippen LogP contribution in [0.15, 0.2) is 36.4 Å². The van der Waals surface area contributed by atoms with Gasteiger partial charge in [-0.1, -0.05) is 35.3 Å². The third-order valence-electron chi connectivity index (χ3n) is 7.33. The summed E-state index contributed by atoms with van der Waals surface area (Å²) in [5.74, 6) is 4.17. The Labute approximate surface area is 189 Å². The molecule has 160 valence electrons. The number of hydrogen-bond donors (Lipinski definition) is 1. The summed E-state index contributed by atoms with van der Waals surface area (Å²) < 4.78 is 11.6. The molecule has 1 N–H and O–H groups in total. The zero-order chi connectivity index (χ0) is 20.7. The van der Waals surface area contributed by atoms with Crippen LogP contribution < -0.4 is 14.8 Å². The highest BCUT2D eigenvalue weighted by molar-refractivity contribution is 6.31. The molecule has 0 spiro atoms. The van der Waals surface area contributed by atoms with E-state index in [4.69, 9.17) is 32.7 Å². The first-order valence-electron chi connectivity index (χ1n) is 11.0. The zero-order valence-electron chi connectivity index (χ0n) is 17.4. The molecule has 4 fully saturated rings. The van der Waals surface area contributed by atoms with Crippen molar-refractivity contribution in [3.8, 4) is 11.5 Å². The van der Waals surface area contributed by atoms with E-state index in [1.807, 2.05) is 36.4 Å². The van der Waals surface area contributed by atoms with Gasteiger partial charge in [0.15, 0.2) is 11.5 Å². The van der Waals surface area contributed by atoms with Crippen molar-refractivity contribution < 1.29 is 9.47 Å². The van der Waals surface area contributed by atoms with Crippen LogP contribution in [0.25, 0.3) is 0 Å². The molecule has 2 aromatic rings. The molecule has 4 aliphatic rings. The Morgan fingerprint density at radius 3 is 2.17 bits per heavy atom. The average molecular weight is 446 g/mol. The number of benzene rings is 2. The Hall–Kier alpha value is -1.42. The van der Waals surface area contributed by atoms with E-state index in [1.165, 1.54) is 38.5 Å². The summed E-state index contributed by atoms with van der Waals surface area (Å²) >= 11 is 12.6. The summed E-state index contributed by atoms with van der Waals surface area (Å²) in [4.78, 5) is 0. The number of halogens is 2. The van der Waals surface area contributed by atoms with Crippen molar-refractivity contribution in [2.24, 2.45) is 17.8 Å². The molecule has 5 heteroatoms. The molecule has 4 saturated carbocycles. The zero-order valence-corrected chi connectivity index (χ0v) is 18.9. The highest BCUT2D eigenvalue weighted by Crippen LogP contribution is 2.55. The number of hydrogen-bond acceptors (Lipinski definition) is 3. The maximum Gasteiger partial charge on any atom is 0.163 e. The van der Waals surface area contributed by atoms with Crippen molar-refractivity contribution in [1.29, 1.82) is 0 Å². The average Bonchev–Trinajstić information content (AvgIpc) is 2.71. The molecule has 4 aliphatic carbocycles. The minimum absolute atomic E-state index is 0.315. The van der Waals surface area contributed by atoms with Crippen LogP contribution in [0.4, 0.5) is 0 Å². The van der Waals surface area contributed by atoms with E-state index in [-0.39, 0.29) is 0 Å². The first-order valence-corrected chi connectivity index (χ1v) is 11.8. The summed E-state index contributed by atoms with van der Waals surface area (Å²) in [5.41, 5.74) is 2.43. The van der Waals surface area contributed by atoms with Crippen molar-refractivity contribution in [2.45, 2.75) is 57.2 Å². The van der Waals surface area contributed by atoms with Gasteiger partial charge < -0.3 is 14.8 Å². The molecule has 0 heterocycles. The van der Waals surface area contributed by atoms with Gasteiger partial charge in [-0.25, -0.2) is 0 Å². The lowest BCUT2D eigenvalue weighted by molar-refractivity contribution is -0.0206. The lowest BCUT2D eigenvalue weighted by Gasteiger charge is -2.57. The molecular formula is C25H29Cl2NO2. The molecule has 4 bridgehead atoms. The molecule has 3 nitrogen and oxygen atoms in total. The van der Waals surface area contributed by atoms with E-state index in [2.05, 4.69) is 5.32 Å². The van der Waals surface area contributed by atoms with Gasteiger partial charge in [0, 0.05) is 28.2 Å². The SMILES string of the molecule is COc1cc(CNC23CC4CC(CC(C4)C2)C3)c(Cl)cc1OCc1ccc(Cl)cc1. The highest BCUT2D eigenvalue weighted by atomic mass is 35.5. The summed E-state index contributed by atoms with van der Waals surface area (Å²) in [6.45, 7) is 1.22. The fourth-order valence-electron chi connectivity index (χ4n) is 6.34. The van der Waals surface area contributed by atoms with Crippen LogP contribution in [0.5, 0.6) is 11.5 Å². The largest absolute Gasteiger partial charge is 0.493 e. The minimum Gasteiger partial charge on any atom is -0.493 e. The van der Waals surface area contributed by atoms with Crippen LogP contribution >= 0.6 is 23.2 Å². The Morgan fingerprint density at radius 1 is 0.933 bits per heavy atom. The third kappa shape index (κ3) is 4.17. The molecule has 0 atom stereocenters. The second kappa shape index (κ2) is 8.26. The van der Waals surface area contributed by atoms with E-state index in [1.54, 1.807) is 7.11 Å². The summed E-state index contributed by atoms with van der Waals surface area (Å²) in [6.07, 6.45) is 8.35. The normalized spacial score (nSPS) is 29.2. The van der Waals surface area contributed by atoms with Gasteiger partial charge in [0.2, 0.25) is 0 Å². The van der Waals surface area contributed by atoms with Gasteiger partial charge in [0.1, 0.15) is 6.61 Å². The van der Waals surface area contributed by atoms with Crippen LogP contribution in [-0.4, -0.2) is 12.6 Å². The van der Waals surface area contributed by atoms with Gasteiger partial charge in [-0.15, -0.1) is 0 Å². The quantitative estimate of drug-likeness (QED) is 0.517. The van der Waals surface area contributed by atoms with E-state index in [9.17, 15) is 0 Å². The summed E-state index contributed by atoms with van der Waals surface area (Å²) in [6, 6.07) is 11.5. The Bertz CT molecular complexity index is 877. The van der Waals surface area contributed by atoms with Gasteiger partial charge in [-0.05, 0) is 85.6 Å². The van der Waals surface area contributed by atoms with Crippen LogP contribution in [-0.2, 0) is 13.2 Å². The molecule has 30 heavy (non-hydrogen) atoms. The van der Waals surface area contributed by atoms with Gasteiger partial charge >= 0.3 is 0 Å². The molecule has 0 aliphatic heterocycles. The molecule has 0 unspecified atom stereocenters. The maximum absolute atomic E-state index is 6.65. The summed E-state index contributed by atoms with van der Waals surface area (Å²) in [5, 5.41) is 5.36. The molecule has 0 saturated heterocycles. The Morgan fingerprint density at radius 2 is 1.57 bits per heavy atom. The first kappa shape index (κ1) is 20.5. The number of rotatable bonds is 7. The topological polar surface area (TPSA) is 30.5 Å². The van der Waals surface area contributed by atoms with E-state index < -0.39 is 0 Å². The maximum atomic E-state index is 6.65. The van der Waals surface area contributed by atoms with Gasteiger partial charge in [-0.2, -0.15) is 0 Å². The minimum atomic E-state index is 0.315. The van der Waals surface area contributed by atoms with E-state index >= 15 is 0 Å². The number of ether oxygens (including phenoxy) is 2. The molecule has 6 rings (SSSR count). The van der Waals surface area contributed by atoms with Crippen molar-refractivity contribution >= 4 is 23.2 Å². The Kier molecular flexibility index (Phi) is 5.64. The molecule has 0 amide bonds. The van der Waals surface area contributed by atoms with Gasteiger partial charge in [-0.3, -0.25) is 0 Å². The second-order valence-electron chi connectivity index (χ2n) is 9.56. The number of methoxy groups -OCH3 is 1. The number of nitrogens with one attached hydrogen (secondary N) is 1. The predicted octanol–water partition coefficient (Wildman–Crippen LogP) is 6.64. The monoisotopic (exact) mass is 445 g/mol. The standard InChI is InChI=1S/C25H29Cl2NO2/c1-29-23-9-20(14-28-25-11-17-6-18(12-25)8-19(7-17)13-25)22(27)10-24(23)30-15-16-2-4-21(26)5-3-16/h2-5,9-10,17-19,28H,6-8,11-15H2,1H3. The first-order chi connectivity index (χ1) is 14.5. The van der Waals surface area contributed by atoms with Crippen LogP contribution in [0.2, 0.25) is 10.0 Å². The fraction of sp³-hybridized carbons (Fsp3) is 0.520. The van der Waals surface area contributed by atoms with E-state index in [0.717, 1.165) is 51.2 Å². The lowest BCUT2D eigenvalue weighted by atomic mass is 9.53. The van der Waals surface area contributed by atoms with Gasteiger partial charge in [0.25, 0.3) is 0 Å². The molecule has 2 aromatic carbocycles. The van der Waals surface area contributed by atoms with Crippen molar-refractivity contribution in [2.75, 3.05) is 7.11 Å². The van der Waals surface area contributed by atoms with E-state index in [0.29, 0.717) is 17.9 Å². The molecule has 0 radical (unpaired) electrons. The smallest absolute Gasteiger partial charge is 0.163 e.